The van der Waals surface area contributed by atoms with Crippen molar-refractivity contribution in [3.63, 3.8) is 0 Å². The predicted molar refractivity (Wildman–Crippen MR) is 73.6 cm³/mol. The first kappa shape index (κ1) is 14.3. The lowest BCUT2D eigenvalue weighted by atomic mass is 10.1. The van der Waals surface area contributed by atoms with Gasteiger partial charge in [0.15, 0.2) is 0 Å². The molecule has 1 amide bonds. The van der Waals surface area contributed by atoms with Crippen LogP contribution in [0.25, 0.3) is 0 Å². The lowest BCUT2D eigenvalue weighted by Crippen LogP contribution is -2.34. The summed E-state index contributed by atoms with van der Waals surface area (Å²) in [5, 5.41) is 13.5. The number of benzene rings is 1. The van der Waals surface area contributed by atoms with Crippen LogP contribution in [0.2, 0.25) is 0 Å². The summed E-state index contributed by atoms with van der Waals surface area (Å²) < 4.78 is 5.18. The Balaban J connectivity index is 1.93. The van der Waals surface area contributed by atoms with Crippen molar-refractivity contribution < 1.29 is 14.5 Å². The van der Waals surface area contributed by atoms with Crippen LogP contribution in [-0.4, -0.2) is 22.7 Å². The van der Waals surface area contributed by atoms with Crippen LogP contribution in [0.15, 0.2) is 24.3 Å². The van der Waals surface area contributed by atoms with Gasteiger partial charge in [0.2, 0.25) is 0 Å². The molecule has 1 aliphatic rings. The predicted octanol–water partition coefficient (Wildman–Crippen LogP) is 2.98. The highest BCUT2D eigenvalue weighted by atomic mass is 16.6. The molecule has 1 aromatic rings. The molecule has 1 aromatic carbocycles. The Morgan fingerprint density at radius 1 is 1.45 bits per heavy atom. The smallest absolute Gasteiger partial charge is 0.407 e. The van der Waals surface area contributed by atoms with Gasteiger partial charge in [-0.15, -0.1) is 0 Å². The molecular formula is C14H18N2O4. The highest BCUT2D eigenvalue weighted by molar-refractivity contribution is 5.69. The molecule has 6 heteroatoms. The summed E-state index contributed by atoms with van der Waals surface area (Å²) in [6.07, 6.45) is 0.330. The number of nitro benzene ring substituents is 1. The third-order valence-corrected chi connectivity index (χ3v) is 3.00. The van der Waals surface area contributed by atoms with E-state index in [2.05, 4.69) is 5.32 Å². The molecule has 0 radical (unpaired) electrons. The number of non-ortho nitro benzene ring substituents is 1. The van der Waals surface area contributed by atoms with Crippen molar-refractivity contribution in [2.24, 2.45) is 0 Å². The first-order valence-corrected chi connectivity index (χ1v) is 6.50. The van der Waals surface area contributed by atoms with Gasteiger partial charge in [-0.05, 0) is 32.8 Å². The second-order valence-electron chi connectivity index (χ2n) is 5.95. The van der Waals surface area contributed by atoms with Crippen LogP contribution in [-0.2, 0) is 4.74 Å². The van der Waals surface area contributed by atoms with Gasteiger partial charge >= 0.3 is 6.09 Å². The Morgan fingerprint density at radius 3 is 2.75 bits per heavy atom. The fourth-order valence-corrected chi connectivity index (χ4v) is 2.05. The van der Waals surface area contributed by atoms with Gasteiger partial charge in [-0.3, -0.25) is 10.1 Å². The Bertz CT molecular complexity index is 536. The van der Waals surface area contributed by atoms with Crippen LogP contribution in [0.5, 0.6) is 0 Å². The number of carbonyl (C=O) groups excluding carboxylic acids is 1. The van der Waals surface area contributed by atoms with Crippen LogP contribution in [0, 0.1) is 10.1 Å². The van der Waals surface area contributed by atoms with Gasteiger partial charge in [-0.25, -0.2) is 4.79 Å². The van der Waals surface area contributed by atoms with E-state index >= 15 is 0 Å². The van der Waals surface area contributed by atoms with Gasteiger partial charge in [-0.2, -0.15) is 0 Å². The molecule has 6 nitrogen and oxygen atoms in total. The van der Waals surface area contributed by atoms with Crippen molar-refractivity contribution in [3.05, 3.63) is 39.9 Å². The molecule has 0 heterocycles. The van der Waals surface area contributed by atoms with E-state index in [1.54, 1.807) is 32.9 Å². The first-order chi connectivity index (χ1) is 9.26. The Hall–Kier alpha value is -2.11. The summed E-state index contributed by atoms with van der Waals surface area (Å²) in [6, 6.07) is 6.51. The lowest BCUT2D eigenvalue weighted by molar-refractivity contribution is -0.384. The molecule has 1 fully saturated rings. The maximum Gasteiger partial charge on any atom is 0.407 e. The molecule has 2 atom stereocenters. The Labute approximate surface area is 117 Å². The average Bonchev–Trinajstić information content (AvgIpc) is 3.05. The van der Waals surface area contributed by atoms with Gasteiger partial charge in [0.1, 0.15) is 5.60 Å². The van der Waals surface area contributed by atoms with E-state index in [4.69, 9.17) is 4.74 Å². The van der Waals surface area contributed by atoms with Crippen LogP contribution < -0.4 is 5.32 Å². The molecular weight excluding hydrogens is 260 g/mol. The van der Waals surface area contributed by atoms with Gasteiger partial charge < -0.3 is 10.1 Å². The third kappa shape index (κ3) is 3.69. The van der Waals surface area contributed by atoms with Crippen molar-refractivity contribution in [2.75, 3.05) is 0 Å². The van der Waals surface area contributed by atoms with Crippen molar-refractivity contribution in [2.45, 2.75) is 44.8 Å². The molecule has 0 unspecified atom stereocenters. The number of alkyl carbamates (subject to hydrolysis) is 1. The van der Waals surface area contributed by atoms with Crippen molar-refractivity contribution in [1.82, 2.24) is 5.32 Å². The SMILES string of the molecule is CC(C)(C)OC(=O)N[C@@H]1C[C@H]1c1cccc([N+](=O)[O-])c1. The fourth-order valence-electron chi connectivity index (χ4n) is 2.05. The number of amides is 1. The standard InChI is InChI=1S/C14H18N2O4/c1-14(2,3)20-13(17)15-12-8-11(12)9-5-4-6-10(7-9)16(18)19/h4-7,11-12H,8H2,1-3H3,(H,15,17)/t11-,12+/m0/s1. The summed E-state index contributed by atoms with van der Waals surface area (Å²) >= 11 is 0. The first-order valence-electron chi connectivity index (χ1n) is 6.50. The monoisotopic (exact) mass is 278 g/mol. The third-order valence-electron chi connectivity index (χ3n) is 3.00. The Morgan fingerprint density at radius 2 is 2.15 bits per heavy atom. The van der Waals surface area contributed by atoms with Gasteiger partial charge in [0.25, 0.3) is 5.69 Å². The minimum atomic E-state index is -0.528. The summed E-state index contributed by atoms with van der Waals surface area (Å²) in [5.41, 5.74) is 0.422. The summed E-state index contributed by atoms with van der Waals surface area (Å²) in [6.45, 7) is 5.41. The van der Waals surface area contributed by atoms with E-state index in [0.717, 1.165) is 12.0 Å². The average molecular weight is 278 g/mol. The van der Waals surface area contributed by atoms with Gasteiger partial charge in [-0.1, -0.05) is 12.1 Å². The van der Waals surface area contributed by atoms with Crippen molar-refractivity contribution in [3.8, 4) is 0 Å². The number of carbonyl (C=O) groups is 1. The van der Waals surface area contributed by atoms with E-state index in [1.807, 2.05) is 6.07 Å². The highest BCUT2D eigenvalue weighted by Crippen LogP contribution is 2.41. The van der Waals surface area contributed by atoms with E-state index in [9.17, 15) is 14.9 Å². The molecule has 1 N–H and O–H groups in total. The van der Waals surface area contributed by atoms with E-state index in [1.165, 1.54) is 6.07 Å². The fraction of sp³-hybridized carbons (Fsp3) is 0.500. The van der Waals surface area contributed by atoms with E-state index < -0.39 is 16.6 Å². The molecule has 108 valence electrons. The molecule has 0 aromatic heterocycles. The van der Waals surface area contributed by atoms with E-state index in [-0.39, 0.29) is 17.6 Å². The normalized spacial score (nSPS) is 21.1. The van der Waals surface area contributed by atoms with Crippen LogP contribution in [0.3, 0.4) is 0 Å². The molecule has 2 rings (SSSR count). The van der Waals surface area contributed by atoms with Gasteiger partial charge in [0.05, 0.1) is 4.92 Å². The molecule has 20 heavy (non-hydrogen) atoms. The van der Waals surface area contributed by atoms with Crippen LogP contribution in [0.4, 0.5) is 10.5 Å². The zero-order chi connectivity index (χ0) is 14.9. The van der Waals surface area contributed by atoms with Crippen LogP contribution in [0.1, 0.15) is 38.7 Å². The highest BCUT2D eigenvalue weighted by Gasteiger charge is 2.40. The molecule has 0 saturated heterocycles. The van der Waals surface area contributed by atoms with Crippen molar-refractivity contribution >= 4 is 11.8 Å². The lowest BCUT2D eigenvalue weighted by Gasteiger charge is -2.19. The molecule has 0 aliphatic heterocycles. The second-order valence-corrected chi connectivity index (χ2v) is 5.95. The largest absolute Gasteiger partial charge is 0.444 e. The zero-order valence-electron chi connectivity index (χ0n) is 11.8. The van der Waals surface area contributed by atoms with Crippen LogP contribution >= 0.6 is 0 Å². The zero-order valence-corrected chi connectivity index (χ0v) is 11.8. The number of hydrogen-bond acceptors (Lipinski definition) is 4. The minimum Gasteiger partial charge on any atom is -0.444 e. The second kappa shape index (κ2) is 5.11. The molecule has 0 bridgehead atoms. The quantitative estimate of drug-likeness (QED) is 0.680. The topological polar surface area (TPSA) is 81.5 Å². The van der Waals surface area contributed by atoms with Crippen molar-refractivity contribution in [1.29, 1.82) is 0 Å². The van der Waals surface area contributed by atoms with E-state index in [0.29, 0.717) is 0 Å². The number of nitrogens with zero attached hydrogens (tertiary/aromatic N) is 1. The number of ether oxygens (including phenoxy) is 1. The maximum atomic E-state index is 11.6. The summed E-state index contributed by atoms with van der Waals surface area (Å²) in [4.78, 5) is 21.9. The molecule has 1 aliphatic carbocycles. The summed E-state index contributed by atoms with van der Waals surface area (Å²) in [7, 11) is 0. The minimum absolute atomic E-state index is 0.00754. The van der Waals surface area contributed by atoms with Gasteiger partial charge in [0, 0.05) is 24.1 Å². The number of nitrogens with one attached hydrogen (secondary N) is 1. The number of rotatable bonds is 3. The molecule has 1 saturated carbocycles. The number of nitro groups is 1. The molecule has 0 spiro atoms. The Kier molecular flexibility index (Phi) is 3.65. The maximum absolute atomic E-state index is 11.6. The summed E-state index contributed by atoms with van der Waals surface area (Å²) in [5.74, 6) is 0.127. The number of hydrogen-bond donors (Lipinski definition) is 1.